The predicted octanol–water partition coefficient (Wildman–Crippen LogP) is 4.82. The molecular weight excluding hydrogens is 356 g/mol. The molecule has 2 aliphatic rings. The van der Waals surface area contributed by atoms with Crippen LogP contribution in [0.15, 0.2) is 35.5 Å². The maximum atomic E-state index is 12.4. The first-order chi connectivity index (χ1) is 13.1. The molecule has 148 valence electrons. The van der Waals surface area contributed by atoms with Crippen molar-refractivity contribution in [3.05, 3.63) is 45.9 Å². The van der Waals surface area contributed by atoms with Crippen molar-refractivity contribution in [2.24, 2.45) is 11.8 Å². The van der Waals surface area contributed by atoms with Crippen LogP contribution in [0, 0.1) is 11.8 Å². The number of nitrogens with one attached hydrogen (secondary N) is 2. The fraction of sp³-hybridized carbons (Fsp3) is 0.591. The van der Waals surface area contributed by atoms with E-state index in [2.05, 4.69) is 23.3 Å². The lowest BCUT2D eigenvalue weighted by molar-refractivity contribution is 0.0966. The Morgan fingerprint density at radius 3 is 3.07 bits per heavy atom. The summed E-state index contributed by atoms with van der Waals surface area (Å²) < 4.78 is 5.57. The zero-order valence-corrected chi connectivity index (χ0v) is 17.4. The molecule has 3 rings (SSSR count). The molecule has 3 atom stereocenters. The number of carbonyl (C=O) groups excluding carboxylic acids is 1. The molecule has 2 fully saturated rings. The predicted molar refractivity (Wildman–Crippen MR) is 112 cm³/mol. The Bertz CT molecular complexity index is 686. The van der Waals surface area contributed by atoms with Crippen molar-refractivity contribution in [3.8, 4) is 0 Å². The topological polar surface area (TPSA) is 50.4 Å². The zero-order valence-electron chi connectivity index (χ0n) is 16.6. The summed E-state index contributed by atoms with van der Waals surface area (Å²) in [6.07, 6.45) is 7.77. The van der Waals surface area contributed by atoms with Crippen LogP contribution < -0.4 is 10.6 Å². The smallest absolute Gasteiger partial charge is 0.256 e. The van der Waals surface area contributed by atoms with Gasteiger partial charge >= 0.3 is 0 Å². The highest BCUT2D eigenvalue weighted by Crippen LogP contribution is 2.54. The number of carbonyl (C=O) groups is 1. The number of allylic oxidation sites excluding steroid dienone is 2. The number of hydrogen-bond donors (Lipinski definition) is 2. The molecule has 0 bridgehead atoms. The fourth-order valence-corrected chi connectivity index (χ4v) is 4.93. The molecule has 27 heavy (non-hydrogen) atoms. The molecule has 1 aromatic heterocycles. The summed E-state index contributed by atoms with van der Waals surface area (Å²) in [5.74, 6) is 1.86. The van der Waals surface area contributed by atoms with Crippen molar-refractivity contribution in [1.82, 2.24) is 10.6 Å². The molecule has 2 unspecified atom stereocenters. The molecule has 0 aromatic carbocycles. The summed E-state index contributed by atoms with van der Waals surface area (Å²) in [4.78, 5) is 13.7. The number of thiophene rings is 1. The molecule has 5 heteroatoms. The van der Waals surface area contributed by atoms with Gasteiger partial charge in [0.1, 0.15) is 0 Å². The van der Waals surface area contributed by atoms with Crippen LogP contribution in [0.25, 0.3) is 0 Å². The van der Waals surface area contributed by atoms with E-state index >= 15 is 0 Å². The SMILES string of the molecule is C=C(CC1CCCOCC1)C1C[C@H]1c1cc(C(=O)N/C(C)=C/NCC)cs1. The van der Waals surface area contributed by atoms with Crippen LogP contribution >= 0.6 is 11.3 Å². The fourth-order valence-electron chi connectivity index (χ4n) is 3.87. The van der Waals surface area contributed by atoms with Gasteiger partial charge in [-0.15, -0.1) is 11.3 Å². The summed E-state index contributed by atoms with van der Waals surface area (Å²) in [5.41, 5.74) is 2.99. The largest absolute Gasteiger partial charge is 0.390 e. The average molecular weight is 389 g/mol. The van der Waals surface area contributed by atoms with E-state index in [9.17, 15) is 4.79 Å². The third-order valence-corrected chi connectivity index (χ3v) is 6.58. The lowest BCUT2D eigenvalue weighted by Gasteiger charge is -2.15. The molecule has 0 spiro atoms. The van der Waals surface area contributed by atoms with Crippen LogP contribution in [0.4, 0.5) is 0 Å². The third kappa shape index (κ3) is 5.69. The summed E-state index contributed by atoms with van der Waals surface area (Å²) in [6, 6.07) is 2.07. The quantitative estimate of drug-likeness (QED) is 0.628. The third-order valence-electron chi connectivity index (χ3n) is 5.52. The number of ether oxygens (including phenoxy) is 1. The normalized spacial score (nSPS) is 25.6. The van der Waals surface area contributed by atoms with Gasteiger partial charge in [-0.2, -0.15) is 0 Å². The average Bonchev–Trinajstić information content (AvgIpc) is 3.37. The molecule has 2 heterocycles. The van der Waals surface area contributed by atoms with E-state index in [1.165, 1.54) is 36.1 Å². The number of rotatable bonds is 8. The monoisotopic (exact) mass is 388 g/mol. The van der Waals surface area contributed by atoms with Gasteiger partial charge in [0, 0.05) is 47.8 Å². The second kappa shape index (κ2) is 9.56. The van der Waals surface area contributed by atoms with Crippen molar-refractivity contribution in [3.63, 3.8) is 0 Å². The standard InChI is InChI=1S/C22H32N2O2S/c1-4-23-13-16(3)24-22(25)18-11-21(27-14-18)20-12-19(20)15(2)10-17-6-5-8-26-9-7-17/h11,13-14,17,19-20,23H,2,4-10,12H2,1,3H3,(H,24,25)/b16-13+/t17?,19?,20-/m1/s1. The summed E-state index contributed by atoms with van der Waals surface area (Å²) in [5, 5.41) is 8.01. The lowest BCUT2D eigenvalue weighted by Crippen LogP contribution is -2.22. The molecule has 0 radical (unpaired) electrons. The number of amides is 1. The Kier molecular flexibility index (Phi) is 7.13. The minimum Gasteiger partial charge on any atom is -0.390 e. The molecule has 1 saturated carbocycles. The van der Waals surface area contributed by atoms with Crippen molar-refractivity contribution >= 4 is 17.2 Å². The van der Waals surface area contributed by atoms with E-state index in [4.69, 9.17) is 4.74 Å². The second-order valence-corrected chi connectivity index (χ2v) is 8.74. The minimum atomic E-state index is -0.0290. The molecule has 1 saturated heterocycles. The first-order valence-corrected chi connectivity index (χ1v) is 11.0. The molecule has 1 aromatic rings. The van der Waals surface area contributed by atoms with E-state index in [0.29, 0.717) is 11.8 Å². The highest BCUT2D eigenvalue weighted by Gasteiger charge is 2.41. The van der Waals surface area contributed by atoms with Crippen LogP contribution in [0.5, 0.6) is 0 Å². The van der Waals surface area contributed by atoms with Gasteiger partial charge in [-0.25, -0.2) is 0 Å². The molecule has 4 nitrogen and oxygen atoms in total. The second-order valence-electron chi connectivity index (χ2n) is 7.80. The van der Waals surface area contributed by atoms with E-state index in [-0.39, 0.29) is 5.91 Å². The van der Waals surface area contributed by atoms with Crippen LogP contribution in [0.3, 0.4) is 0 Å². The van der Waals surface area contributed by atoms with Crippen molar-refractivity contribution in [2.45, 2.75) is 51.9 Å². The van der Waals surface area contributed by atoms with Crippen LogP contribution in [0.1, 0.15) is 67.1 Å². The Morgan fingerprint density at radius 2 is 2.26 bits per heavy atom. The molecule has 1 amide bonds. The lowest BCUT2D eigenvalue weighted by atomic mass is 9.91. The van der Waals surface area contributed by atoms with Gasteiger partial charge < -0.3 is 15.4 Å². The van der Waals surface area contributed by atoms with Crippen molar-refractivity contribution < 1.29 is 9.53 Å². The molecule has 1 aliphatic heterocycles. The van der Waals surface area contributed by atoms with Crippen molar-refractivity contribution in [1.29, 1.82) is 0 Å². The van der Waals surface area contributed by atoms with E-state index in [1.807, 2.05) is 25.4 Å². The highest BCUT2D eigenvalue weighted by atomic mass is 32.1. The van der Waals surface area contributed by atoms with Gasteiger partial charge in [0.05, 0.1) is 5.56 Å². The Labute approximate surface area is 167 Å². The first-order valence-electron chi connectivity index (χ1n) is 10.1. The maximum Gasteiger partial charge on any atom is 0.256 e. The van der Waals surface area contributed by atoms with Gasteiger partial charge in [-0.05, 0) is 63.9 Å². The Hall–Kier alpha value is -1.59. The van der Waals surface area contributed by atoms with E-state index < -0.39 is 0 Å². The zero-order chi connectivity index (χ0) is 19.2. The Balaban J connectivity index is 1.50. The van der Waals surface area contributed by atoms with Crippen LogP contribution in [-0.2, 0) is 4.74 Å². The van der Waals surface area contributed by atoms with Crippen LogP contribution in [-0.4, -0.2) is 25.7 Å². The van der Waals surface area contributed by atoms with Gasteiger partial charge in [-0.1, -0.05) is 12.2 Å². The van der Waals surface area contributed by atoms with Crippen molar-refractivity contribution in [2.75, 3.05) is 19.8 Å². The van der Waals surface area contributed by atoms with E-state index in [0.717, 1.165) is 43.4 Å². The summed E-state index contributed by atoms with van der Waals surface area (Å²) in [7, 11) is 0. The first kappa shape index (κ1) is 20.2. The summed E-state index contributed by atoms with van der Waals surface area (Å²) >= 11 is 1.71. The highest BCUT2D eigenvalue weighted by molar-refractivity contribution is 7.10. The minimum absolute atomic E-state index is 0.0290. The molecule has 2 N–H and O–H groups in total. The summed E-state index contributed by atoms with van der Waals surface area (Å²) in [6.45, 7) is 11.0. The van der Waals surface area contributed by atoms with Crippen LogP contribution in [0.2, 0.25) is 0 Å². The number of hydrogen-bond acceptors (Lipinski definition) is 4. The van der Waals surface area contributed by atoms with Gasteiger partial charge in [0.2, 0.25) is 0 Å². The van der Waals surface area contributed by atoms with Gasteiger partial charge in [0.15, 0.2) is 0 Å². The van der Waals surface area contributed by atoms with E-state index in [1.54, 1.807) is 11.3 Å². The maximum absolute atomic E-state index is 12.4. The molecular formula is C22H32N2O2S. The van der Waals surface area contributed by atoms with Gasteiger partial charge in [-0.3, -0.25) is 4.79 Å². The van der Waals surface area contributed by atoms with Gasteiger partial charge in [0.25, 0.3) is 5.91 Å². The Morgan fingerprint density at radius 1 is 1.41 bits per heavy atom. The molecule has 1 aliphatic carbocycles.